The zero-order chi connectivity index (χ0) is 16.2. The topological polar surface area (TPSA) is 69.9 Å². The summed E-state index contributed by atoms with van der Waals surface area (Å²) < 4.78 is 18.4. The summed E-state index contributed by atoms with van der Waals surface area (Å²) in [6, 6.07) is 13.1. The van der Waals surface area contributed by atoms with Gasteiger partial charge in [-0.25, -0.2) is 4.39 Å². The second-order valence-corrected chi connectivity index (χ2v) is 4.78. The summed E-state index contributed by atoms with van der Waals surface area (Å²) in [7, 11) is 1.42. The molecule has 0 saturated carbocycles. The van der Waals surface area contributed by atoms with Gasteiger partial charge in [-0.2, -0.15) is 4.80 Å². The Hall–Kier alpha value is -3.09. The predicted molar refractivity (Wildman–Crippen MR) is 80.5 cm³/mol. The maximum atomic E-state index is 13.3. The molecule has 0 fully saturated rings. The fraction of sp³-hybridized carbons (Fsp3) is 0.125. The van der Waals surface area contributed by atoms with E-state index in [2.05, 4.69) is 15.4 Å². The molecule has 0 spiro atoms. The number of tetrazole rings is 1. The highest BCUT2D eigenvalue weighted by Crippen LogP contribution is 2.20. The smallest absolute Gasteiger partial charge is 0.204 e. The second-order valence-electron chi connectivity index (χ2n) is 4.78. The second kappa shape index (κ2) is 6.35. The summed E-state index contributed by atoms with van der Waals surface area (Å²) in [6.45, 7) is -0.153. The molecule has 3 rings (SSSR count). The van der Waals surface area contributed by atoms with Crippen LogP contribution in [0, 0.1) is 5.82 Å². The number of rotatable bonds is 5. The lowest BCUT2D eigenvalue weighted by Gasteiger charge is -2.06. The number of benzene rings is 2. The molecule has 116 valence electrons. The Balaban J connectivity index is 1.82. The third kappa shape index (κ3) is 3.23. The molecule has 0 aliphatic rings. The first-order valence-electron chi connectivity index (χ1n) is 6.87. The molecule has 2 aromatic carbocycles. The SMILES string of the molecule is COc1ccc(F)cc1C(=O)Cn1nnc(-c2ccccc2)n1. The van der Waals surface area contributed by atoms with Gasteiger partial charge in [0.2, 0.25) is 5.82 Å². The van der Waals surface area contributed by atoms with Gasteiger partial charge in [0.1, 0.15) is 18.1 Å². The zero-order valence-electron chi connectivity index (χ0n) is 12.3. The molecule has 0 N–H and O–H groups in total. The van der Waals surface area contributed by atoms with E-state index in [-0.39, 0.29) is 17.9 Å². The molecular weight excluding hydrogens is 299 g/mol. The number of carbonyl (C=O) groups excluding carboxylic acids is 1. The number of hydrogen-bond acceptors (Lipinski definition) is 5. The molecule has 1 aromatic heterocycles. The van der Waals surface area contributed by atoms with E-state index in [0.29, 0.717) is 11.6 Å². The largest absolute Gasteiger partial charge is 0.496 e. The van der Waals surface area contributed by atoms with Gasteiger partial charge in [-0.15, -0.1) is 10.2 Å². The van der Waals surface area contributed by atoms with Crippen molar-refractivity contribution in [3.8, 4) is 17.1 Å². The monoisotopic (exact) mass is 312 g/mol. The van der Waals surface area contributed by atoms with Crippen LogP contribution in [0.15, 0.2) is 48.5 Å². The van der Waals surface area contributed by atoms with Crippen molar-refractivity contribution in [3.05, 3.63) is 59.9 Å². The molecule has 7 heteroatoms. The summed E-state index contributed by atoms with van der Waals surface area (Å²) in [4.78, 5) is 13.5. The van der Waals surface area contributed by atoms with E-state index >= 15 is 0 Å². The van der Waals surface area contributed by atoms with Crippen molar-refractivity contribution in [1.29, 1.82) is 0 Å². The van der Waals surface area contributed by atoms with Gasteiger partial charge in [0.15, 0.2) is 5.78 Å². The molecule has 1 heterocycles. The highest BCUT2D eigenvalue weighted by atomic mass is 19.1. The standard InChI is InChI=1S/C16H13FN4O2/c1-23-15-8-7-12(17)9-13(15)14(22)10-21-19-16(18-20-21)11-5-3-2-4-6-11/h2-9H,10H2,1H3. The molecule has 0 saturated heterocycles. The van der Waals surface area contributed by atoms with Crippen LogP contribution < -0.4 is 4.74 Å². The number of ketones is 1. The minimum Gasteiger partial charge on any atom is -0.496 e. The number of hydrogen-bond donors (Lipinski definition) is 0. The van der Waals surface area contributed by atoms with E-state index in [0.717, 1.165) is 11.6 Å². The van der Waals surface area contributed by atoms with Crippen LogP contribution in [-0.2, 0) is 6.54 Å². The summed E-state index contributed by atoms with van der Waals surface area (Å²) in [6.07, 6.45) is 0. The Morgan fingerprint density at radius 1 is 1.22 bits per heavy atom. The van der Waals surface area contributed by atoms with E-state index in [1.54, 1.807) is 0 Å². The molecule has 0 aliphatic carbocycles. The Bertz CT molecular complexity index is 833. The molecule has 0 unspecified atom stereocenters. The van der Waals surface area contributed by atoms with E-state index in [4.69, 9.17) is 4.74 Å². The van der Waals surface area contributed by atoms with Crippen LogP contribution in [0.25, 0.3) is 11.4 Å². The van der Waals surface area contributed by atoms with Crippen molar-refractivity contribution in [3.63, 3.8) is 0 Å². The van der Waals surface area contributed by atoms with Crippen molar-refractivity contribution >= 4 is 5.78 Å². The molecule has 23 heavy (non-hydrogen) atoms. The number of nitrogens with zero attached hydrogens (tertiary/aromatic N) is 4. The number of halogens is 1. The highest BCUT2D eigenvalue weighted by Gasteiger charge is 2.16. The number of aromatic nitrogens is 4. The van der Waals surface area contributed by atoms with Crippen LogP contribution in [0.3, 0.4) is 0 Å². The highest BCUT2D eigenvalue weighted by molar-refractivity contribution is 5.98. The predicted octanol–water partition coefficient (Wildman–Crippen LogP) is 2.37. The van der Waals surface area contributed by atoms with Gasteiger partial charge in [-0.1, -0.05) is 30.3 Å². The molecule has 3 aromatic rings. The number of Topliss-reactive ketones (excluding diaryl/α,β-unsaturated/α-hetero) is 1. The maximum Gasteiger partial charge on any atom is 0.204 e. The minimum absolute atomic E-state index is 0.145. The molecule has 6 nitrogen and oxygen atoms in total. The van der Waals surface area contributed by atoms with Gasteiger partial charge in [-0.05, 0) is 23.4 Å². The van der Waals surface area contributed by atoms with Gasteiger partial charge in [-0.3, -0.25) is 4.79 Å². The first-order valence-corrected chi connectivity index (χ1v) is 6.87. The van der Waals surface area contributed by atoms with Crippen molar-refractivity contribution in [2.45, 2.75) is 6.54 Å². The van der Waals surface area contributed by atoms with E-state index in [9.17, 15) is 9.18 Å². The summed E-state index contributed by atoms with van der Waals surface area (Å²) in [5, 5.41) is 11.9. The lowest BCUT2D eigenvalue weighted by Crippen LogP contribution is -2.14. The van der Waals surface area contributed by atoms with Crippen LogP contribution >= 0.6 is 0 Å². The first-order chi connectivity index (χ1) is 11.2. The van der Waals surface area contributed by atoms with Crippen LogP contribution in [0.1, 0.15) is 10.4 Å². The van der Waals surface area contributed by atoms with Gasteiger partial charge in [0.25, 0.3) is 0 Å². The zero-order valence-corrected chi connectivity index (χ0v) is 12.3. The van der Waals surface area contributed by atoms with Gasteiger partial charge in [0.05, 0.1) is 12.7 Å². The molecule has 0 amide bonds. The molecular formula is C16H13FN4O2. The van der Waals surface area contributed by atoms with E-state index < -0.39 is 5.82 Å². The van der Waals surface area contributed by atoms with Gasteiger partial charge in [0, 0.05) is 5.56 Å². The number of ether oxygens (including phenoxy) is 1. The van der Waals surface area contributed by atoms with E-state index in [1.807, 2.05) is 30.3 Å². The van der Waals surface area contributed by atoms with Crippen LogP contribution in [-0.4, -0.2) is 33.1 Å². The molecule has 0 bridgehead atoms. The summed E-state index contributed by atoms with van der Waals surface area (Å²) >= 11 is 0. The summed E-state index contributed by atoms with van der Waals surface area (Å²) in [5.74, 6) is -0.145. The quantitative estimate of drug-likeness (QED) is 0.676. The Morgan fingerprint density at radius 3 is 2.74 bits per heavy atom. The third-order valence-corrected chi connectivity index (χ3v) is 3.23. The normalized spacial score (nSPS) is 10.5. The van der Waals surface area contributed by atoms with Crippen molar-refractivity contribution in [2.75, 3.05) is 7.11 Å². The van der Waals surface area contributed by atoms with E-state index in [1.165, 1.54) is 24.0 Å². The fourth-order valence-corrected chi connectivity index (χ4v) is 2.12. The Labute approximate surface area is 131 Å². The Morgan fingerprint density at radius 2 is 2.00 bits per heavy atom. The lowest BCUT2D eigenvalue weighted by atomic mass is 10.1. The van der Waals surface area contributed by atoms with Crippen molar-refractivity contribution in [1.82, 2.24) is 20.2 Å². The maximum absolute atomic E-state index is 13.3. The van der Waals surface area contributed by atoms with Crippen molar-refractivity contribution < 1.29 is 13.9 Å². The average Bonchev–Trinajstić information content (AvgIpc) is 3.04. The first kappa shape index (κ1) is 14.8. The Kier molecular flexibility index (Phi) is 4.09. The van der Waals surface area contributed by atoms with Gasteiger partial charge < -0.3 is 4.74 Å². The average molecular weight is 312 g/mol. The van der Waals surface area contributed by atoms with Crippen LogP contribution in [0.4, 0.5) is 4.39 Å². The summed E-state index contributed by atoms with van der Waals surface area (Å²) in [5.41, 5.74) is 0.945. The van der Waals surface area contributed by atoms with Gasteiger partial charge >= 0.3 is 0 Å². The number of methoxy groups -OCH3 is 1. The molecule has 0 radical (unpaired) electrons. The lowest BCUT2D eigenvalue weighted by molar-refractivity contribution is 0.0958. The fourth-order valence-electron chi connectivity index (χ4n) is 2.12. The minimum atomic E-state index is -0.509. The molecule has 0 aliphatic heterocycles. The van der Waals surface area contributed by atoms with Crippen LogP contribution in [0.2, 0.25) is 0 Å². The third-order valence-electron chi connectivity index (χ3n) is 3.23. The molecule has 0 atom stereocenters. The van der Waals surface area contributed by atoms with Crippen LogP contribution in [0.5, 0.6) is 5.75 Å². The van der Waals surface area contributed by atoms with Crippen molar-refractivity contribution in [2.24, 2.45) is 0 Å². The number of carbonyl (C=O) groups is 1.